The van der Waals surface area contributed by atoms with Gasteiger partial charge in [-0.2, -0.15) is 0 Å². The van der Waals surface area contributed by atoms with Crippen molar-refractivity contribution in [2.45, 2.75) is 18.1 Å². The lowest BCUT2D eigenvalue weighted by atomic mass is 10.2. The van der Waals surface area contributed by atoms with E-state index in [2.05, 4.69) is 57.7 Å². The van der Waals surface area contributed by atoms with E-state index in [1.54, 1.807) is 11.8 Å². The summed E-state index contributed by atoms with van der Waals surface area (Å²) in [6.07, 6.45) is 2.91. The van der Waals surface area contributed by atoms with E-state index in [0.717, 1.165) is 28.7 Å². The molecule has 4 heteroatoms. The maximum Gasteiger partial charge on any atom is 0.191 e. The van der Waals surface area contributed by atoms with E-state index in [-0.39, 0.29) is 0 Å². The van der Waals surface area contributed by atoms with E-state index in [4.69, 9.17) is 0 Å². The summed E-state index contributed by atoms with van der Waals surface area (Å²) in [5.74, 6) is 1.88. The Bertz CT molecular complexity index is 751. The van der Waals surface area contributed by atoms with Crippen LogP contribution in [-0.2, 0) is 13.0 Å². The summed E-state index contributed by atoms with van der Waals surface area (Å²) in [5, 5.41) is 9.69. The van der Waals surface area contributed by atoms with Crippen molar-refractivity contribution in [2.75, 3.05) is 5.75 Å². The lowest BCUT2D eigenvalue weighted by Gasteiger charge is -2.07. The Labute approximate surface area is 141 Å². The van der Waals surface area contributed by atoms with Gasteiger partial charge in [0.15, 0.2) is 11.0 Å². The van der Waals surface area contributed by atoms with Gasteiger partial charge in [0, 0.05) is 17.9 Å². The van der Waals surface area contributed by atoms with Crippen molar-refractivity contribution in [1.82, 2.24) is 14.8 Å². The van der Waals surface area contributed by atoms with Gasteiger partial charge in [-0.25, -0.2) is 0 Å². The van der Waals surface area contributed by atoms with Crippen molar-refractivity contribution < 1.29 is 0 Å². The Kier molecular flexibility index (Phi) is 5.27. The highest BCUT2D eigenvalue weighted by Crippen LogP contribution is 2.24. The Morgan fingerprint density at radius 2 is 1.65 bits per heavy atom. The monoisotopic (exact) mass is 321 g/mol. The Morgan fingerprint density at radius 3 is 2.35 bits per heavy atom. The largest absolute Gasteiger partial charge is 0.298 e. The molecule has 0 fully saturated rings. The maximum absolute atomic E-state index is 4.38. The van der Waals surface area contributed by atoms with Crippen molar-refractivity contribution >= 4 is 11.8 Å². The fourth-order valence-corrected chi connectivity index (χ4v) is 3.33. The first-order valence-corrected chi connectivity index (χ1v) is 8.63. The number of benzene rings is 2. The maximum atomic E-state index is 4.38. The van der Waals surface area contributed by atoms with Gasteiger partial charge in [-0.3, -0.25) is 4.57 Å². The summed E-state index contributed by atoms with van der Waals surface area (Å²) in [7, 11) is 0. The fourth-order valence-electron chi connectivity index (χ4n) is 2.39. The van der Waals surface area contributed by atoms with Gasteiger partial charge in [0.25, 0.3) is 0 Å². The summed E-state index contributed by atoms with van der Waals surface area (Å²) >= 11 is 1.74. The molecule has 0 saturated carbocycles. The molecular weight excluding hydrogens is 302 g/mol. The van der Waals surface area contributed by atoms with E-state index < -0.39 is 0 Å². The van der Waals surface area contributed by atoms with E-state index in [9.17, 15) is 0 Å². The van der Waals surface area contributed by atoms with Crippen LogP contribution in [0.25, 0.3) is 11.4 Å². The molecule has 0 unspecified atom stereocenters. The molecule has 3 nitrogen and oxygen atoms in total. The summed E-state index contributed by atoms with van der Waals surface area (Å²) < 4.78 is 2.12. The van der Waals surface area contributed by atoms with Gasteiger partial charge < -0.3 is 0 Å². The summed E-state index contributed by atoms with van der Waals surface area (Å²) in [4.78, 5) is 0. The van der Waals surface area contributed by atoms with Crippen LogP contribution >= 0.6 is 11.8 Å². The van der Waals surface area contributed by atoms with Crippen LogP contribution in [0.4, 0.5) is 0 Å². The zero-order valence-electron chi connectivity index (χ0n) is 12.9. The van der Waals surface area contributed by atoms with Crippen molar-refractivity contribution in [3.05, 3.63) is 78.9 Å². The summed E-state index contributed by atoms with van der Waals surface area (Å²) in [5.41, 5.74) is 2.43. The molecule has 0 saturated heterocycles. The van der Waals surface area contributed by atoms with Gasteiger partial charge >= 0.3 is 0 Å². The third-order valence-electron chi connectivity index (χ3n) is 3.53. The minimum absolute atomic E-state index is 0.713. The Morgan fingerprint density at radius 1 is 0.957 bits per heavy atom. The lowest BCUT2D eigenvalue weighted by molar-refractivity contribution is 0.731. The number of hydrogen-bond acceptors (Lipinski definition) is 3. The predicted octanol–water partition coefficient (Wildman–Crippen LogP) is 4.47. The molecule has 0 aliphatic carbocycles. The van der Waals surface area contributed by atoms with Crippen molar-refractivity contribution in [3.8, 4) is 11.4 Å². The molecule has 0 atom stereocenters. The smallest absolute Gasteiger partial charge is 0.191 e. The van der Waals surface area contributed by atoms with Crippen LogP contribution in [0, 0.1) is 0 Å². The quantitative estimate of drug-likeness (QED) is 0.475. The first-order valence-electron chi connectivity index (χ1n) is 7.64. The highest BCUT2D eigenvalue weighted by atomic mass is 32.2. The van der Waals surface area contributed by atoms with E-state index in [1.807, 2.05) is 30.3 Å². The fraction of sp³-hybridized carbons (Fsp3) is 0.158. The molecule has 0 N–H and O–H groups in total. The third kappa shape index (κ3) is 3.90. The molecule has 0 amide bonds. The Balaban J connectivity index is 1.74. The number of allylic oxidation sites excluding steroid dienone is 1. The van der Waals surface area contributed by atoms with Crippen LogP contribution < -0.4 is 0 Å². The Hall–Kier alpha value is -2.33. The minimum atomic E-state index is 0.713. The average Bonchev–Trinajstić information content (AvgIpc) is 3.00. The highest BCUT2D eigenvalue weighted by Gasteiger charge is 2.12. The van der Waals surface area contributed by atoms with Crippen LogP contribution in [0.5, 0.6) is 0 Å². The second-order valence-corrected chi connectivity index (χ2v) is 6.22. The second-order valence-electron chi connectivity index (χ2n) is 5.16. The third-order valence-corrected chi connectivity index (χ3v) is 4.49. The van der Waals surface area contributed by atoms with Crippen molar-refractivity contribution in [3.63, 3.8) is 0 Å². The minimum Gasteiger partial charge on any atom is -0.298 e. The molecule has 1 aromatic heterocycles. The van der Waals surface area contributed by atoms with Crippen LogP contribution in [0.3, 0.4) is 0 Å². The van der Waals surface area contributed by atoms with Gasteiger partial charge in [-0.05, 0) is 12.0 Å². The average molecular weight is 321 g/mol. The summed E-state index contributed by atoms with van der Waals surface area (Å²) in [6, 6.07) is 20.7. The van der Waals surface area contributed by atoms with Gasteiger partial charge in [-0.1, -0.05) is 78.5 Å². The summed E-state index contributed by atoms with van der Waals surface area (Å²) in [6.45, 7) is 4.57. The lowest BCUT2D eigenvalue weighted by Crippen LogP contribution is -2.01. The van der Waals surface area contributed by atoms with E-state index in [0.29, 0.717) is 6.54 Å². The van der Waals surface area contributed by atoms with Gasteiger partial charge in [0.05, 0.1) is 0 Å². The highest BCUT2D eigenvalue weighted by molar-refractivity contribution is 7.99. The topological polar surface area (TPSA) is 30.7 Å². The number of aryl methyl sites for hydroxylation is 1. The van der Waals surface area contributed by atoms with Crippen LogP contribution in [-0.4, -0.2) is 20.5 Å². The molecule has 23 heavy (non-hydrogen) atoms. The van der Waals surface area contributed by atoms with Crippen LogP contribution in [0.15, 0.2) is 78.5 Å². The molecule has 116 valence electrons. The van der Waals surface area contributed by atoms with Gasteiger partial charge in [-0.15, -0.1) is 16.8 Å². The molecule has 2 aromatic carbocycles. The first-order chi connectivity index (χ1) is 11.4. The van der Waals surface area contributed by atoms with Crippen LogP contribution in [0.1, 0.15) is 5.56 Å². The zero-order valence-corrected chi connectivity index (χ0v) is 13.7. The van der Waals surface area contributed by atoms with E-state index in [1.165, 1.54) is 5.56 Å². The molecule has 1 heterocycles. The molecule has 0 aliphatic heterocycles. The SMILES string of the molecule is C=CCn1c(SCCc2ccccc2)nnc1-c1ccccc1. The number of thioether (sulfide) groups is 1. The first kappa shape index (κ1) is 15.6. The molecule has 0 spiro atoms. The second kappa shape index (κ2) is 7.79. The molecule has 0 bridgehead atoms. The number of nitrogens with zero attached hydrogens (tertiary/aromatic N) is 3. The number of aromatic nitrogens is 3. The van der Waals surface area contributed by atoms with Gasteiger partial charge in [0.1, 0.15) is 0 Å². The van der Waals surface area contributed by atoms with E-state index >= 15 is 0 Å². The number of rotatable bonds is 7. The molecule has 0 aliphatic rings. The normalized spacial score (nSPS) is 10.6. The van der Waals surface area contributed by atoms with Crippen molar-refractivity contribution in [1.29, 1.82) is 0 Å². The van der Waals surface area contributed by atoms with Gasteiger partial charge in [0.2, 0.25) is 0 Å². The van der Waals surface area contributed by atoms with Crippen molar-refractivity contribution in [2.24, 2.45) is 0 Å². The zero-order chi connectivity index (χ0) is 15.9. The molecular formula is C19H19N3S. The molecule has 3 aromatic rings. The standard InChI is InChI=1S/C19H19N3S/c1-2-14-22-18(17-11-7-4-8-12-17)20-21-19(22)23-15-13-16-9-5-3-6-10-16/h2-12H,1,13-15H2. The van der Waals surface area contributed by atoms with Crippen LogP contribution in [0.2, 0.25) is 0 Å². The number of hydrogen-bond donors (Lipinski definition) is 0. The molecule has 0 radical (unpaired) electrons. The molecule has 3 rings (SSSR count). The predicted molar refractivity (Wildman–Crippen MR) is 96.5 cm³/mol.